The summed E-state index contributed by atoms with van der Waals surface area (Å²) in [4.78, 5) is 13.4. The number of esters is 1. The van der Waals surface area contributed by atoms with Gasteiger partial charge in [0, 0.05) is 16.7 Å². The topological polar surface area (TPSA) is 58.9 Å². The Morgan fingerprint density at radius 3 is 2.24 bits per heavy atom. The molecule has 6 rings (SSSR count). The van der Waals surface area contributed by atoms with E-state index in [0.29, 0.717) is 23.7 Å². The molecular weight excluding hydrogens is 422 g/mol. The van der Waals surface area contributed by atoms with Crippen LogP contribution >= 0.6 is 0 Å². The van der Waals surface area contributed by atoms with Crippen LogP contribution in [-0.2, 0) is 9.53 Å². The largest absolute Gasteiger partial charge is 0.461 e. The van der Waals surface area contributed by atoms with Crippen molar-refractivity contribution in [3.8, 4) is 0 Å². The number of nitrogens with zero attached hydrogens (tertiary/aromatic N) is 1. The molecule has 190 valence electrons. The second-order valence-electron chi connectivity index (χ2n) is 15.4. The Labute approximate surface area is 206 Å². The van der Waals surface area contributed by atoms with Crippen molar-refractivity contribution < 1.29 is 14.7 Å². The van der Waals surface area contributed by atoms with Crippen molar-refractivity contribution in [2.45, 2.75) is 119 Å². The van der Waals surface area contributed by atoms with Gasteiger partial charge in [-0.15, -0.1) is 0 Å². The summed E-state index contributed by atoms with van der Waals surface area (Å²) in [7, 11) is 0. The van der Waals surface area contributed by atoms with Crippen LogP contribution in [0.5, 0.6) is 0 Å². The predicted octanol–water partition coefficient (Wildman–Crippen LogP) is 7.23. The third kappa shape index (κ3) is 2.43. The maximum Gasteiger partial charge on any atom is 0.312 e. The second kappa shape index (κ2) is 6.62. The van der Waals surface area contributed by atoms with Crippen molar-refractivity contribution in [2.75, 3.05) is 0 Å². The lowest BCUT2D eigenvalue weighted by Crippen LogP contribution is -2.67. The first-order valence-electron chi connectivity index (χ1n) is 14.2. The van der Waals surface area contributed by atoms with Gasteiger partial charge in [-0.3, -0.25) is 4.79 Å². The van der Waals surface area contributed by atoms with Crippen LogP contribution in [0.3, 0.4) is 0 Å². The van der Waals surface area contributed by atoms with Crippen LogP contribution in [0.25, 0.3) is 0 Å². The van der Waals surface area contributed by atoms with Gasteiger partial charge in [-0.1, -0.05) is 53.6 Å². The highest BCUT2D eigenvalue weighted by Crippen LogP contribution is 2.78. The van der Waals surface area contributed by atoms with Gasteiger partial charge in [0.2, 0.25) is 0 Å². The van der Waals surface area contributed by atoms with Gasteiger partial charge in [0.05, 0.1) is 11.1 Å². The Morgan fingerprint density at radius 1 is 0.824 bits per heavy atom. The van der Waals surface area contributed by atoms with E-state index in [9.17, 15) is 10.0 Å². The number of fused-ring (bicyclic) bond motifs is 5. The summed E-state index contributed by atoms with van der Waals surface area (Å²) in [5.41, 5.74) is 1.69. The first kappa shape index (κ1) is 23.3. The number of carbonyl (C=O) groups is 1. The standard InChI is InChI=1S/C30H47NO3/c1-25(2)14-16-30-17-15-28(6)18(22(30)23(25)34-24(30)32)8-9-20-27(5)12-11-21(31-33)26(3,4)19(27)10-13-29(20,28)7/h18-20,22-23,33H,8-17H2,1-7H3/b31-21-/t18-,19+,20-,22-,23-,27+,28-,29-,30-/m1/s1. The van der Waals surface area contributed by atoms with E-state index in [1.54, 1.807) is 0 Å². The molecule has 1 N–H and O–H groups in total. The number of hydrogen-bond donors (Lipinski definition) is 1. The molecule has 1 heterocycles. The Bertz CT molecular complexity index is 953. The maximum atomic E-state index is 13.4. The van der Waals surface area contributed by atoms with E-state index in [1.807, 2.05) is 0 Å². The molecule has 4 nitrogen and oxygen atoms in total. The van der Waals surface area contributed by atoms with Gasteiger partial charge < -0.3 is 9.94 Å². The van der Waals surface area contributed by atoms with Crippen molar-refractivity contribution in [1.29, 1.82) is 0 Å². The van der Waals surface area contributed by atoms with E-state index in [-0.39, 0.29) is 44.6 Å². The molecule has 9 atom stereocenters. The van der Waals surface area contributed by atoms with Gasteiger partial charge in [-0.2, -0.15) is 0 Å². The minimum Gasteiger partial charge on any atom is -0.461 e. The summed E-state index contributed by atoms with van der Waals surface area (Å²) in [6.07, 6.45) is 11.5. The fourth-order valence-electron chi connectivity index (χ4n) is 11.8. The van der Waals surface area contributed by atoms with E-state index in [0.717, 1.165) is 37.8 Å². The van der Waals surface area contributed by atoms with Gasteiger partial charge in [0.25, 0.3) is 0 Å². The van der Waals surface area contributed by atoms with E-state index in [2.05, 4.69) is 53.6 Å². The highest BCUT2D eigenvalue weighted by Gasteiger charge is 2.75. The Hall–Kier alpha value is -1.06. The molecule has 6 aliphatic rings. The summed E-state index contributed by atoms with van der Waals surface area (Å²) < 4.78 is 6.28. The molecule has 0 aromatic heterocycles. The molecule has 6 fully saturated rings. The summed E-state index contributed by atoms with van der Waals surface area (Å²) in [5.74, 6) is 2.40. The summed E-state index contributed by atoms with van der Waals surface area (Å²) in [5, 5.41) is 13.5. The number of oxime groups is 1. The Morgan fingerprint density at radius 2 is 1.53 bits per heavy atom. The van der Waals surface area contributed by atoms with Crippen LogP contribution in [0.15, 0.2) is 5.16 Å². The minimum absolute atomic E-state index is 0.0375. The first-order chi connectivity index (χ1) is 15.8. The number of rotatable bonds is 0. The van der Waals surface area contributed by atoms with Gasteiger partial charge >= 0.3 is 5.97 Å². The van der Waals surface area contributed by atoms with E-state index < -0.39 is 0 Å². The van der Waals surface area contributed by atoms with Crippen molar-refractivity contribution in [2.24, 2.45) is 61.3 Å². The highest BCUT2D eigenvalue weighted by molar-refractivity contribution is 5.90. The summed E-state index contributed by atoms with van der Waals surface area (Å²) in [6.45, 7) is 17.2. The number of hydrogen-bond acceptors (Lipinski definition) is 4. The molecule has 0 spiro atoms. The smallest absolute Gasteiger partial charge is 0.312 e. The van der Waals surface area contributed by atoms with E-state index in [1.165, 1.54) is 32.1 Å². The molecule has 34 heavy (non-hydrogen) atoms. The average molecular weight is 470 g/mol. The molecule has 2 bridgehead atoms. The Kier molecular flexibility index (Phi) is 4.55. The van der Waals surface area contributed by atoms with Gasteiger partial charge in [0.1, 0.15) is 6.10 Å². The zero-order valence-electron chi connectivity index (χ0n) is 22.7. The second-order valence-corrected chi connectivity index (χ2v) is 15.4. The zero-order chi connectivity index (χ0) is 24.5. The van der Waals surface area contributed by atoms with Crippen molar-refractivity contribution in [3.05, 3.63) is 0 Å². The quantitative estimate of drug-likeness (QED) is 0.231. The molecular formula is C30H47NO3. The number of ether oxygens (including phenoxy) is 1. The Balaban J connectivity index is 1.41. The third-order valence-corrected chi connectivity index (χ3v) is 14.0. The van der Waals surface area contributed by atoms with E-state index >= 15 is 0 Å². The highest BCUT2D eigenvalue weighted by atomic mass is 16.6. The van der Waals surface area contributed by atoms with Crippen LogP contribution in [0.2, 0.25) is 0 Å². The fraction of sp³-hybridized carbons (Fsp3) is 0.933. The van der Waals surface area contributed by atoms with Crippen LogP contribution in [-0.4, -0.2) is 23.0 Å². The van der Waals surface area contributed by atoms with E-state index in [4.69, 9.17) is 4.74 Å². The lowest BCUT2D eigenvalue weighted by Gasteiger charge is -2.72. The maximum absolute atomic E-state index is 13.4. The summed E-state index contributed by atoms with van der Waals surface area (Å²) >= 11 is 0. The molecule has 5 saturated carbocycles. The van der Waals surface area contributed by atoms with Gasteiger partial charge in [0.15, 0.2) is 0 Å². The molecule has 0 aromatic rings. The first-order valence-corrected chi connectivity index (χ1v) is 14.2. The van der Waals surface area contributed by atoms with Crippen molar-refractivity contribution >= 4 is 11.7 Å². The molecule has 4 heteroatoms. The van der Waals surface area contributed by atoms with Crippen LogP contribution in [0.4, 0.5) is 0 Å². The molecule has 0 aromatic carbocycles. The predicted molar refractivity (Wildman–Crippen MR) is 134 cm³/mol. The normalized spacial score (nSPS) is 56.0. The van der Waals surface area contributed by atoms with Crippen molar-refractivity contribution in [3.63, 3.8) is 0 Å². The molecule has 0 radical (unpaired) electrons. The minimum atomic E-state index is -0.200. The zero-order valence-corrected chi connectivity index (χ0v) is 22.7. The monoisotopic (exact) mass is 469 g/mol. The SMILES string of the molecule is CC1(C)CC[C@@]23CC[C@]4(C)[C@H](CC[C@@H]5[C@@]6(C)CC/C(=N/O)C(C)(C)[C@@H]6CC[C@]54C)[C@@H]2[C@H]1OC3=O. The molecule has 0 unspecified atom stereocenters. The van der Waals surface area contributed by atoms with Crippen molar-refractivity contribution in [1.82, 2.24) is 0 Å². The lowest BCUT2D eigenvalue weighted by atomic mass is 9.31. The van der Waals surface area contributed by atoms with Crippen LogP contribution in [0.1, 0.15) is 113 Å². The lowest BCUT2D eigenvalue weighted by molar-refractivity contribution is -0.235. The molecule has 5 aliphatic carbocycles. The molecule has 1 saturated heterocycles. The molecule has 0 amide bonds. The van der Waals surface area contributed by atoms with Crippen LogP contribution < -0.4 is 0 Å². The average Bonchev–Trinajstić information content (AvgIpc) is 3.01. The number of carbonyl (C=O) groups excluding carboxylic acids is 1. The fourth-order valence-corrected chi connectivity index (χ4v) is 11.8. The van der Waals surface area contributed by atoms with Crippen LogP contribution in [0, 0.1) is 56.2 Å². The summed E-state index contributed by atoms with van der Waals surface area (Å²) in [6, 6.07) is 0. The van der Waals surface area contributed by atoms with Gasteiger partial charge in [-0.25, -0.2) is 0 Å². The van der Waals surface area contributed by atoms with Gasteiger partial charge in [-0.05, 0) is 98.2 Å². The third-order valence-electron chi connectivity index (χ3n) is 14.0. The molecule has 1 aliphatic heterocycles.